The van der Waals surface area contributed by atoms with Gasteiger partial charge in [0.05, 0.1) is 13.0 Å². The molecule has 1 aliphatic rings. The standard InChI is InChI=1S/C16H21NO4/c1-21-12-5-2-4-11(10-12)8-9-15(18)17-14-7-3-6-13(14)16(19)20/h2,4-5,10,13-14H,3,6-9H2,1H3,(H,17,18)(H,19,20)/t13-,14+/m0/s1. The largest absolute Gasteiger partial charge is 0.497 e. The van der Waals surface area contributed by atoms with Gasteiger partial charge in [-0.05, 0) is 37.0 Å². The van der Waals surface area contributed by atoms with E-state index in [0.717, 1.165) is 24.2 Å². The number of methoxy groups -OCH3 is 1. The number of carbonyl (C=O) groups is 2. The smallest absolute Gasteiger partial charge is 0.308 e. The Labute approximate surface area is 124 Å². The normalized spacial score (nSPS) is 21.0. The molecule has 2 atom stereocenters. The van der Waals surface area contributed by atoms with Crippen LogP contribution in [0.25, 0.3) is 0 Å². The fourth-order valence-corrected chi connectivity index (χ4v) is 2.79. The molecule has 1 aromatic carbocycles. The highest BCUT2D eigenvalue weighted by Gasteiger charge is 2.33. The first kappa shape index (κ1) is 15.4. The Balaban J connectivity index is 1.83. The third-order valence-corrected chi connectivity index (χ3v) is 3.95. The minimum Gasteiger partial charge on any atom is -0.497 e. The molecule has 2 rings (SSSR count). The van der Waals surface area contributed by atoms with Crippen molar-refractivity contribution in [3.63, 3.8) is 0 Å². The molecule has 5 heteroatoms. The number of hydrogen-bond acceptors (Lipinski definition) is 3. The first-order valence-electron chi connectivity index (χ1n) is 7.25. The molecule has 1 amide bonds. The zero-order valence-corrected chi connectivity index (χ0v) is 12.2. The second-order valence-corrected chi connectivity index (χ2v) is 5.40. The Morgan fingerprint density at radius 3 is 2.90 bits per heavy atom. The first-order chi connectivity index (χ1) is 10.1. The van der Waals surface area contributed by atoms with E-state index in [4.69, 9.17) is 9.84 Å². The number of rotatable bonds is 6. The molecule has 0 aliphatic heterocycles. The van der Waals surface area contributed by atoms with Crippen molar-refractivity contribution >= 4 is 11.9 Å². The summed E-state index contributed by atoms with van der Waals surface area (Å²) in [7, 11) is 1.61. The predicted molar refractivity (Wildman–Crippen MR) is 78.2 cm³/mol. The molecular formula is C16H21NO4. The number of aryl methyl sites for hydroxylation is 1. The molecule has 1 aromatic rings. The number of carboxylic acid groups (broad SMARTS) is 1. The van der Waals surface area contributed by atoms with Crippen LogP contribution in [0, 0.1) is 5.92 Å². The van der Waals surface area contributed by atoms with E-state index in [-0.39, 0.29) is 11.9 Å². The van der Waals surface area contributed by atoms with Crippen LogP contribution in [0.3, 0.4) is 0 Å². The van der Waals surface area contributed by atoms with Crippen molar-refractivity contribution in [2.45, 2.75) is 38.1 Å². The van der Waals surface area contributed by atoms with Gasteiger partial charge in [0, 0.05) is 12.5 Å². The summed E-state index contributed by atoms with van der Waals surface area (Å²) >= 11 is 0. The lowest BCUT2D eigenvalue weighted by Gasteiger charge is -2.17. The number of carboxylic acids is 1. The lowest BCUT2D eigenvalue weighted by molar-refractivity contribution is -0.142. The molecule has 0 spiro atoms. The number of nitrogens with one attached hydrogen (secondary N) is 1. The summed E-state index contributed by atoms with van der Waals surface area (Å²) < 4.78 is 5.14. The third-order valence-electron chi connectivity index (χ3n) is 3.95. The minimum absolute atomic E-state index is 0.0871. The van der Waals surface area contributed by atoms with E-state index in [9.17, 15) is 9.59 Å². The maximum atomic E-state index is 12.0. The van der Waals surface area contributed by atoms with Crippen LogP contribution in [0.15, 0.2) is 24.3 Å². The average molecular weight is 291 g/mol. The van der Waals surface area contributed by atoms with Crippen molar-refractivity contribution in [2.24, 2.45) is 5.92 Å². The Hall–Kier alpha value is -2.04. The van der Waals surface area contributed by atoms with Gasteiger partial charge in [-0.25, -0.2) is 0 Å². The van der Waals surface area contributed by atoms with E-state index < -0.39 is 11.9 Å². The van der Waals surface area contributed by atoms with Gasteiger partial charge in [0.25, 0.3) is 0 Å². The van der Waals surface area contributed by atoms with E-state index >= 15 is 0 Å². The molecule has 1 aliphatic carbocycles. The molecule has 1 saturated carbocycles. The monoisotopic (exact) mass is 291 g/mol. The molecular weight excluding hydrogens is 270 g/mol. The number of carbonyl (C=O) groups excluding carboxylic acids is 1. The second-order valence-electron chi connectivity index (χ2n) is 5.40. The van der Waals surface area contributed by atoms with Gasteiger partial charge < -0.3 is 15.2 Å². The molecule has 0 bridgehead atoms. The van der Waals surface area contributed by atoms with Gasteiger partial charge in [-0.2, -0.15) is 0 Å². The van der Waals surface area contributed by atoms with Crippen molar-refractivity contribution in [1.82, 2.24) is 5.32 Å². The molecule has 2 N–H and O–H groups in total. The zero-order valence-electron chi connectivity index (χ0n) is 12.2. The molecule has 0 radical (unpaired) electrons. The van der Waals surface area contributed by atoms with Crippen LogP contribution in [-0.4, -0.2) is 30.1 Å². The van der Waals surface area contributed by atoms with Crippen molar-refractivity contribution < 1.29 is 19.4 Å². The van der Waals surface area contributed by atoms with Crippen molar-refractivity contribution in [2.75, 3.05) is 7.11 Å². The summed E-state index contributed by atoms with van der Waals surface area (Å²) in [4.78, 5) is 23.0. The number of benzene rings is 1. The van der Waals surface area contributed by atoms with E-state index in [2.05, 4.69) is 5.32 Å². The van der Waals surface area contributed by atoms with Crippen LogP contribution in [0.1, 0.15) is 31.2 Å². The van der Waals surface area contributed by atoms with Crippen LogP contribution in [0.2, 0.25) is 0 Å². The van der Waals surface area contributed by atoms with Crippen molar-refractivity contribution in [3.05, 3.63) is 29.8 Å². The van der Waals surface area contributed by atoms with Gasteiger partial charge in [-0.1, -0.05) is 18.6 Å². The SMILES string of the molecule is COc1cccc(CCC(=O)N[C@@H]2CCC[C@@H]2C(=O)O)c1. The zero-order chi connectivity index (χ0) is 15.2. The topological polar surface area (TPSA) is 75.6 Å². The van der Waals surface area contributed by atoms with Gasteiger partial charge in [0.15, 0.2) is 0 Å². The molecule has 5 nitrogen and oxygen atoms in total. The summed E-state index contributed by atoms with van der Waals surface area (Å²) in [5.74, 6) is -0.568. The summed E-state index contributed by atoms with van der Waals surface area (Å²) in [6.45, 7) is 0. The van der Waals surface area contributed by atoms with Crippen LogP contribution in [-0.2, 0) is 16.0 Å². The average Bonchev–Trinajstić information content (AvgIpc) is 2.93. The molecule has 0 heterocycles. The molecule has 21 heavy (non-hydrogen) atoms. The van der Waals surface area contributed by atoms with Gasteiger partial charge in [0.1, 0.15) is 5.75 Å². The van der Waals surface area contributed by atoms with Crippen molar-refractivity contribution in [1.29, 1.82) is 0 Å². The number of amides is 1. The predicted octanol–water partition coefficient (Wildman–Crippen LogP) is 2.00. The number of ether oxygens (including phenoxy) is 1. The van der Waals surface area contributed by atoms with E-state index in [1.165, 1.54) is 0 Å². The van der Waals surface area contributed by atoms with Gasteiger partial charge in [-0.15, -0.1) is 0 Å². The number of hydrogen-bond donors (Lipinski definition) is 2. The van der Waals surface area contributed by atoms with Gasteiger partial charge in [0.2, 0.25) is 5.91 Å². The van der Waals surface area contributed by atoms with E-state index in [1.54, 1.807) is 7.11 Å². The quantitative estimate of drug-likeness (QED) is 0.840. The van der Waals surface area contributed by atoms with Gasteiger partial charge >= 0.3 is 5.97 Å². The summed E-state index contributed by atoms with van der Waals surface area (Å²) in [5, 5.41) is 12.0. The van der Waals surface area contributed by atoms with E-state index in [0.29, 0.717) is 19.3 Å². The van der Waals surface area contributed by atoms with Crippen LogP contribution < -0.4 is 10.1 Å². The summed E-state index contributed by atoms with van der Waals surface area (Å²) in [6, 6.07) is 7.39. The first-order valence-corrected chi connectivity index (χ1v) is 7.25. The molecule has 0 aromatic heterocycles. The molecule has 0 unspecified atom stereocenters. The maximum Gasteiger partial charge on any atom is 0.308 e. The van der Waals surface area contributed by atoms with E-state index in [1.807, 2.05) is 24.3 Å². The lowest BCUT2D eigenvalue weighted by atomic mass is 10.0. The third kappa shape index (κ3) is 4.21. The molecule has 1 fully saturated rings. The second kappa shape index (κ2) is 7.11. The molecule has 0 saturated heterocycles. The highest BCUT2D eigenvalue weighted by Crippen LogP contribution is 2.26. The molecule has 114 valence electrons. The van der Waals surface area contributed by atoms with Crippen LogP contribution >= 0.6 is 0 Å². The highest BCUT2D eigenvalue weighted by molar-refractivity contribution is 5.78. The lowest BCUT2D eigenvalue weighted by Crippen LogP contribution is -2.40. The van der Waals surface area contributed by atoms with Crippen LogP contribution in [0.5, 0.6) is 5.75 Å². The fourth-order valence-electron chi connectivity index (χ4n) is 2.79. The van der Waals surface area contributed by atoms with Gasteiger partial charge in [-0.3, -0.25) is 9.59 Å². The maximum absolute atomic E-state index is 12.0. The number of aliphatic carboxylic acids is 1. The van der Waals surface area contributed by atoms with Crippen molar-refractivity contribution in [3.8, 4) is 5.75 Å². The summed E-state index contributed by atoms with van der Waals surface area (Å²) in [6.07, 6.45) is 3.24. The highest BCUT2D eigenvalue weighted by atomic mass is 16.5. The Bertz CT molecular complexity index is 515. The van der Waals surface area contributed by atoms with Crippen LogP contribution in [0.4, 0.5) is 0 Å². The fraction of sp³-hybridized carbons (Fsp3) is 0.500. The Morgan fingerprint density at radius 2 is 2.19 bits per heavy atom. The minimum atomic E-state index is -0.814. The summed E-state index contributed by atoms with van der Waals surface area (Å²) in [5.41, 5.74) is 1.03. The Morgan fingerprint density at radius 1 is 1.38 bits per heavy atom. The Kier molecular flexibility index (Phi) is 5.20.